The molecule has 0 aliphatic carbocycles. The van der Waals surface area contributed by atoms with E-state index in [2.05, 4.69) is 21.4 Å². The predicted molar refractivity (Wildman–Crippen MR) is 91.1 cm³/mol. The van der Waals surface area contributed by atoms with Gasteiger partial charge < -0.3 is 15.8 Å². The van der Waals surface area contributed by atoms with E-state index in [9.17, 15) is 0 Å². The highest BCUT2D eigenvalue weighted by atomic mass is 16.5. The van der Waals surface area contributed by atoms with Crippen LogP contribution in [0.5, 0.6) is 5.75 Å². The van der Waals surface area contributed by atoms with E-state index >= 15 is 0 Å². The quantitative estimate of drug-likeness (QED) is 0.849. The summed E-state index contributed by atoms with van der Waals surface area (Å²) < 4.78 is 5.91. The lowest BCUT2D eigenvalue weighted by Crippen LogP contribution is -2.22. The van der Waals surface area contributed by atoms with Crippen LogP contribution >= 0.6 is 0 Å². The molecular weight excluding hydrogens is 288 g/mol. The van der Waals surface area contributed by atoms with Crippen LogP contribution in [0.2, 0.25) is 0 Å². The van der Waals surface area contributed by atoms with Crippen LogP contribution in [0.3, 0.4) is 0 Å². The molecule has 3 heterocycles. The van der Waals surface area contributed by atoms with Crippen molar-refractivity contribution in [1.82, 2.24) is 10.3 Å². The highest BCUT2D eigenvalue weighted by Gasteiger charge is 2.27. The minimum atomic E-state index is 0.0934. The highest BCUT2D eigenvalue weighted by Crippen LogP contribution is 2.40. The molecule has 0 spiro atoms. The number of nitrogens with one attached hydrogen (secondary N) is 1. The standard InChI is InChI=1S/C18H20N4O/c19-13-9-12-4-8-23-18(12)15(10-13)14(11-17-21-6-7-22-17)16-3-1-2-5-20-16/h1-3,5,9-10,14H,4,6-8,11,19H2,(H,21,22). The largest absolute Gasteiger partial charge is 0.493 e. The van der Waals surface area contributed by atoms with Crippen molar-refractivity contribution in [1.29, 1.82) is 0 Å². The number of pyridine rings is 1. The number of rotatable bonds is 4. The van der Waals surface area contributed by atoms with Crippen LogP contribution in [0.25, 0.3) is 0 Å². The smallest absolute Gasteiger partial charge is 0.126 e. The van der Waals surface area contributed by atoms with Crippen LogP contribution in [0, 0.1) is 0 Å². The van der Waals surface area contributed by atoms with Crippen molar-refractivity contribution >= 4 is 11.5 Å². The molecule has 0 amide bonds. The predicted octanol–water partition coefficient (Wildman–Crippen LogP) is 2.12. The van der Waals surface area contributed by atoms with E-state index in [1.54, 1.807) is 0 Å². The molecule has 1 aromatic carbocycles. The number of ether oxygens (including phenoxy) is 1. The first-order valence-electron chi connectivity index (χ1n) is 8.04. The molecule has 2 aromatic rings. The van der Waals surface area contributed by atoms with Gasteiger partial charge in [0.15, 0.2) is 0 Å². The summed E-state index contributed by atoms with van der Waals surface area (Å²) in [6, 6.07) is 10.1. The van der Waals surface area contributed by atoms with Crippen LogP contribution in [-0.2, 0) is 6.42 Å². The molecule has 2 aliphatic heterocycles. The third-order valence-corrected chi connectivity index (χ3v) is 4.40. The van der Waals surface area contributed by atoms with Gasteiger partial charge in [0.25, 0.3) is 0 Å². The Morgan fingerprint density at radius 2 is 2.26 bits per heavy atom. The lowest BCUT2D eigenvalue weighted by atomic mass is 9.89. The summed E-state index contributed by atoms with van der Waals surface area (Å²) in [5.74, 6) is 2.11. The molecule has 23 heavy (non-hydrogen) atoms. The van der Waals surface area contributed by atoms with Crippen molar-refractivity contribution in [3.63, 3.8) is 0 Å². The summed E-state index contributed by atoms with van der Waals surface area (Å²) >= 11 is 0. The molecule has 1 unspecified atom stereocenters. The molecule has 5 heteroatoms. The zero-order chi connectivity index (χ0) is 15.6. The Balaban J connectivity index is 1.79. The average Bonchev–Trinajstić information content (AvgIpc) is 3.24. The van der Waals surface area contributed by atoms with E-state index in [0.29, 0.717) is 0 Å². The zero-order valence-electron chi connectivity index (χ0n) is 13.0. The lowest BCUT2D eigenvalue weighted by Gasteiger charge is -2.20. The number of aliphatic imine (C=N–C) groups is 1. The molecule has 0 saturated carbocycles. The minimum Gasteiger partial charge on any atom is -0.493 e. The second-order valence-corrected chi connectivity index (χ2v) is 5.96. The average molecular weight is 308 g/mol. The van der Waals surface area contributed by atoms with Crippen molar-refractivity contribution in [2.75, 3.05) is 25.4 Å². The first-order valence-corrected chi connectivity index (χ1v) is 8.04. The van der Waals surface area contributed by atoms with Crippen molar-refractivity contribution < 1.29 is 4.74 Å². The van der Waals surface area contributed by atoms with Gasteiger partial charge in [-0.2, -0.15) is 0 Å². The van der Waals surface area contributed by atoms with Gasteiger partial charge in [-0.1, -0.05) is 6.07 Å². The number of aromatic nitrogens is 1. The molecule has 0 fully saturated rings. The van der Waals surface area contributed by atoms with E-state index in [1.807, 2.05) is 30.5 Å². The Morgan fingerprint density at radius 3 is 3.04 bits per heavy atom. The summed E-state index contributed by atoms with van der Waals surface area (Å²) in [4.78, 5) is 9.12. The van der Waals surface area contributed by atoms with Crippen LogP contribution in [0.15, 0.2) is 41.5 Å². The molecular formula is C18H20N4O. The van der Waals surface area contributed by atoms with E-state index < -0.39 is 0 Å². The SMILES string of the molecule is Nc1cc2c(c(C(CC3=NCCN3)c3ccccn3)c1)OCC2. The molecule has 0 bridgehead atoms. The molecule has 3 N–H and O–H groups in total. The summed E-state index contributed by atoms with van der Waals surface area (Å²) in [5, 5.41) is 3.36. The van der Waals surface area contributed by atoms with E-state index in [4.69, 9.17) is 10.5 Å². The van der Waals surface area contributed by atoms with Crippen LogP contribution in [-0.4, -0.2) is 30.5 Å². The first-order chi connectivity index (χ1) is 11.3. The third-order valence-electron chi connectivity index (χ3n) is 4.40. The van der Waals surface area contributed by atoms with Crippen molar-refractivity contribution in [3.05, 3.63) is 53.3 Å². The first kappa shape index (κ1) is 14.1. The summed E-state index contributed by atoms with van der Waals surface area (Å²) in [6.45, 7) is 2.48. The fourth-order valence-electron chi connectivity index (χ4n) is 3.36. The van der Waals surface area contributed by atoms with Crippen molar-refractivity contribution in [2.24, 2.45) is 4.99 Å². The summed E-state index contributed by atoms with van der Waals surface area (Å²) in [6.07, 6.45) is 3.54. The molecule has 118 valence electrons. The maximum Gasteiger partial charge on any atom is 0.126 e. The number of hydrogen-bond donors (Lipinski definition) is 2. The third kappa shape index (κ3) is 2.74. The molecule has 2 aliphatic rings. The normalized spacial score (nSPS) is 17.1. The number of hydrogen-bond acceptors (Lipinski definition) is 5. The number of nitrogen functional groups attached to an aromatic ring is 1. The molecule has 0 radical (unpaired) electrons. The lowest BCUT2D eigenvalue weighted by molar-refractivity contribution is 0.352. The Labute approximate surface area is 135 Å². The van der Waals surface area contributed by atoms with Gasteiger partial charge in [0.05, 0.1) is 19.0 Å². The molecule has 1 atom stereocenters. The Bertz CT molecular complexity index is 742. The zero-order valence-corrected chi connectivity index (χ0v) is 13.0. The van der Waals surface area contributed by atoms with Gasteiger partial charge in [-0.25, -0.2) is 0 Å². The number of fused-ring (bicyclic) bond motifs is 1. The number of benzene rings is 1. The Kier molecular flexibility index (Phi) is 3.61. The van der Waals surface area contributed by atoms with Crippen molar-refractivity contribution in [2.45, 2.75) is 18.8 Å². The van der Waals surface area contributed by atoms with E-state index in [0.717, 1.165) is 61.1 Å². The molecule has 1 aromatic heterocycles. The van der Waals surface area contributed by atoms with Crippen LogP contribution in [0.1, 0.15) is 29.2 Å². The minimum absolute atomic E-state index is 0.0934. The van der Waals surface area contributed by atoms with Gasteiger partial charge in [-0.05, 0) is 29.8 Å². The van der Waals surface area contributed by atoms with E-state index in [-0.39, 0.29) is 5.92 Å². The monoisotopic (exact) mass is 308 g/mol. The maximum atomic E-state index is 6.13. The fraction of sp³-hybridized carbons (Fsp3) is 0.333. The number of nitrogens with two attached hydrogens (primary N) is 1. The summed E-state index contributed by atoms with van der Waals surface area (Å²) in [5.41, 5.74) is 10.3. The summed E-state index contributed by atoms with van der Waals surface area (Å²) in [7, 11) is 0. The van der Waals surface area contributed by atoms with Gasteiger partial charge in [0, 0.05) is 48.4 Å². The fourth-order valence-corrected chi connectivity index (χ4v) is 3.36. The number of anilines is 1. The van der Waals surface area contributed by atoms with Crippen LogP contribution in [0.4, 0.5) is 5.69 Å². The Hall–Kier alpha value is -2.56. The van der Waals surface area contributed by atoms with E-state index in [1.165, 1.54) is 5.56 Å². The highest BCUT2D eigenvalue weighted by molar-refractivity contribution is 5.85. The Morgan fingerprint density at radius 1 is 1.30 bits per heavy atom. The van der Waals surface area contributed by atoms with Crippen LogP contribution < -0.4 is 15.8 Å². The molecule has 4 rings (SSSR count). The van der Waals surface area contributed by atoms with Crippen molar-refractivity contribution in [3.8, 4) is 5.75 Å². The van der Waals surface area contributed by atoms with Gasteiger partial charge >= 0.3 is 0 Å². The second kappa shape index (κ2) is 5.91. The number of amidine groups is 1. The second-order valence-electron chi connectivity index (χ2n) is 5.96. The van der Waals surface area contributed by atoms with Gasteiger partial charge in [0.2, 0.25) is 0 Å². The van der Waals surface area contributed by atoms with Gasteiger partial charge in [0.1, 0.15) is 5.75 Å². The number of nitrogens with zero attached hydrogens (tertiary/aromatic N) is 2. The van der Waals surface area contributed by atoms with Gasteiger partial charge in [-0.15, -0.1) is 0 Å². The molecule has 5 nitrogen and oxygen atoms in total. The molecule has 0 saturated heterocycles. The maximum absolute atomic E-state index is 6.13. The van der Waals surface area contributed by atoms with Gasteiger partial charge in [-0.3, -0.25) is 9.98 Å². The topological polar surface area (TPSA) is 72.5 Å².